The summed E-state index contributed by atoms with van der Waals surface area (Å²) in [6.07, 6.45) is 5.22. The number of ether oxygens (including phenoxy) is 5. The average molecular weight is 750 g/mol. The van der Waals surface area contributed by atoms with Crippen molar-refractivity contribution < 1.29 is 53.7 Å². The van der Waals surface area contributed by atoms with E-state index in [1.54, 1.807) is 19.1 Å². The summed E-state index contributed by atoms with van der Waals surface area (Å²) in [5.41, 5.74) is -1.64. The number of ketones is 1. The molecule has 3 N–H and O–H groups in total. The first-order chi connectivity index (χ1) is 24.8. The standard InChI is InChI=1S/C42H70O11/c1-11-29(38(46)47)31-15-14-23(4)36(50-31)27(8)34(44)26(7)35(45)30(12-2)37-24(5)22-25(6)41(51-37)19-16-32(43)42(53-41)21-20-39(10,52-42)33-17-18-40(48,13-3)28(9)49-33/h16,19,23-34,36-37,43-44,48H,11-15,17-18,20-22H2,1-10H3,(H,46,47)/p-1/t23-,24-,25+,26-,27-,28-,29+,30-,31+,32+,33+,34+,36+,37-,39-,40+,41-,42-/m0/s1. The van der Waals surface area contributed by atoms with Crippen molar-refractivity contribution in [3.63, 3.8) is 0 Å². The number of aliphatic hydroxyl groups excluding tert-OH is 2. The van der Waals surface area contributed by atoms with E-state index >= 15 is 0 Å². The summed E-state index contributed by atoms with van der Waals surface area (Å²) in [5.74, 6) is -6.24. The number of hydrogen-bond donors (Lipinski definition) is 3. The van der Waals surface area contributed by atoms with Crippen molar-refractivity contribution in [3.05, 3.63) is 12.2 Å². The molecular weight excluding hydrogens is 680 g/mol. The first kappa shape index (κ1) is 42.7. The molecule has 0 saturated carbocycles. The normalized spacial score (nSPS) is 46.2. The topological polar surface area (TPSA) is 164 Å². The minimum atomic E-state index is -1.37. The zero-order valence-electron chi connectivity index (χ0n) is 33.9. The Labute approximate surface area is 317 Å². The molecule has 0 aromatic rings. The van der Waals surface area contributed by atoms with Crippen LogP contribution >= 0.6 is 0 Å². The molecule has 0 bridgehead atoms. The molecule has 18 atom stereocenters. The highest BCUT2D eigenvalue weighted by molar-refractivity contribution is 5.84. The van der Waals surface area contributed by atoms with E-state index < -0.39 is 82.9 Å². The minimum absolute atomic E-state index is 0.00774. The molecule has 5 aliphatic heterocycles. The van der Waals surface area contributed by atoms with Crippen LogP contribution in [0.3, 0.4) is 0 Å². The molecule has 11 nitrogen and oxygen atoms in total. The number of aliphatic hydroxyl groups is 3. The predicted molar refractivity (Wildman–Crippen MR) is 196 cm³/mol. The minimum Gasteiger partial charge on any atom is -0.550 e. The Bertz CT molecular complexity index is 1320. The van der Waals surface area contributed by atoms with Gasteiger partial charge in [-0.15, -0.1) is 0 Å². The van der Waals surface area contributed by atoms with Gasteiger partial charge in [-0.05, 0) is 95.6 Å². The van der Waals surface area contributed by atoms with Crippen molar-refractivity contribution in [1.82, 2.24) is 0 Å². The predicted octanol–water partition coefficient (Wildman–Crippen LogP) is 4.85. The van der Waals surface area contributed by atoms with Gasteiger partial charge in [0, 0.05) is 42.0 Å². The lowest BCUT2D eigenvalue weighted by Gasteiger charge is -2.54. The first-order valence-corrected chi connectivity index (χ1v) is 20.7. The van der Waals surface area contributed by atoms with Gasteiger partial charge in [-0.25, -0.2) is 0 Å². The van der Waals surface area contributed by atoms with Gasteiger partial charge in [0.05, 0.1) is 47.8 Å². The maximum Gasteiger partial charge on any atom is 0.202 e. The number of carbonyl (C=O) groups is 2. The van der Waals surface area contributed by atoms with E-state index in [2.05, 4.69) is 20.8 Å². The molecule has 0 aliphatic carbocycles. The SMILES string of the molecule is CC[C@@H](C(=O)[C@@H](C)[C@@H](O)[C@H](C)[C@@H]1O[C@@H]([C@@H](CC)C(=O)[O-])CC[C@@H]1C)[C@H]1O[C@]2(C=C[C@@H](O)[C@]3(CC[C@@](C)([C@H]4CC[C@](O)(CC)[C@H](C)O4)O3)O2)[C@H](C)C[C@@H]1C. The highest BCUT2D eigenvalue weighted by Crippen LogP contribution is 2.54. The Morgan fingerprint density at radius 1 is 0.906 bits per heavy atom. The maximum atomic E-state index is 14.4. The van der Waals surface area contributed by atoms with Crippen molar-refractivity contribution in [1.29, 1.82) is 0 Å². The lowest BCUT2D eigenvalue weighted by Crippen LogP contribution is -2.63. The smallest absolute Gasteiger partial charge is 0.202 e. The van der Waals surface area contributed by atoms with E-state index in [9.17, 15) is 30.0 Å². The molecule has 0 unspecified atom stereocenters. The van der Waals surface area contributed by atoms with Gasteiger partial charge >= 0.3 is 0 Å². The van der Waals surface area contributed by atoms with Crippen LogP contribution in [-0.4, -0.2) is 92.6 Å². The molecule has 5 rings (SSSR count). The Morgan fingerprint density at radius 2 is 1.58 bits per heavy atom. The Kier molecular flexibility index (Phi) is 13.0. The molecule has 5 aliphatic rings. The van der Waals surface area contributed by atoms with Crippen LogP contribution in [0.5, 0.6) is 0 Å². The van der Waals surface area contributed by atoms with Gasteiger partial charge in [-0.3, -0.25) is 4.79 Å². The molecule has 304 valence electrons. The third-order valence-corrected chi connectivity index (χ3v) is 14.4. The van der Waals surface area contributed by atoms with Gasteiger partial charge in [0.15, 0.2) is 5.79 Å². The van der Waals surface area contributed by atoms with E-state index in [0.717, 1.165) is 6.42 Å². The second kappa shape index (κ2) is 16.2. The van der Waals surface area contributed by atoms with Crippen LogP contribution in [0.2, 0.25) is 0 Å². The molecule has 0 amide bonds. The second-order valence-electron chi connectivity index (χ2n) is 17.9. The summed E-state index contributed by atoms with van der Waals surface area (Å²) in [5, 5.41) is 46.0. The third-order valence-electron chi connectivity index (χ3n) is 14.4. The van der Waals surface area contributed by atoms with Crippen LogP contribution < -0.4 is 5.11 Å². The molecule has 11 heteroatoms. The fourth-order valence-electron chi connectivity index (χ4n) is 10.5. The quantitative estimate of drug-likeness (QED) is 0.234. The molecule has 0 radical (unpaired) electrons. The zero-order chi connectivity index (χ0) is 39.3. The third kappa shape index (κ3) is 7.94. The molecule has 0 aromatic carbocycles. The van der Waals surface area contributed by atoms with Crippen LogP contribution in [0.1, 0.15) is 133 Å². The van der Waals surface area contributed by atoms with E-state index in [4.69, 9.17) is 23.7 Å². The van der Waals surface area contributed by atoms with Crippen molar-refractivity contribution in [2.45, 2.75) is 199 Å². The summed E-state index contributed by atoms with van der Waals surface area (Å²) >= 11 is 0. The average Bonchev–Trinajstić information content (AvgIpc) is 3.47. The Hall–Kier alpha value is -1.44. The molecule has 4 fully saturated rings. The molecule has 5 heterocycles. The summed E-state index contributed by atoms with van der Waals surface area (Å²) in [4.78, 5) is 26.2. The molecular formula is C42H69O11-. The number of Topliss-reactive ketones (excluding diaryl/α,β-unsaturated/α-hetero) is 1. The van der Waals surface area contributed by atoms with Gasteiger partial charge in [-0.1, -0.05) is 55.4 Å². The van der Waals surface area contributed by atoms with E-state index in [1.807, 2.05) is 41.5 Å². The number of rotatable bonds is 12. The van der Waals surface area contributed by atoms with Crippen LogP contribution in [0.4, 0.5) is 0 Å². The number of carboxylic acids is 1. The molecule has 4 saturated heterocycles. The molecule has 2 spiro atoms. The fraction of sp³-hybridized carbons (Fsp3) is 0.905. The van der Waals surface area contributed by atoms with Gasteiger partial charge in [0.2, 0.25) is 5.79 Å². The number of hydrogen-bond acceptors (Lipinski definition) is 11. The lowest BCUT2D eigenvalue weighted by atomic mass is 9.72. The number of aliphatic carboxylic acids is 1. The van der Waals surface area contributed by atoms with Crippen LogP contribution in [0.25, 0.3) is 0 Å². The van der Waals surface area contributed by atoms with E-state index in [1.165, 1.54) is 0 Å². The van der Waals surface area contributed by atoms with Crippen molar-refractivity contribution >= 4 is 11.8 Å². The van der Waals surface area contributed by atoms with Crippen molar-refractivity contribution in [2.24, 2.45) is 41.4 Å². The van der Waals surface area contributed by atoms with Crippen molar-refractivity contribution in [2.75, 3.05) is 0 Å². The summed E-state index contributed by atoms with van der Waals surface area (Å²) < 4.78 is 33.4. The van der Waals surface area contributed by atoms with Gasteiger partial charge in [0.1, 0.15) is 11.9 Å². The van der Waals surface area contributed by atoms with Crippen LogP contribution in [0.15, 0.2) is 12.2 Å². The molecule has 53 heavy (non-hydrogen) atoms. The Balaban J connectivity index is 1.31. The van der Waals surface area contributed by atoms with Gasteiger partial charge < -0.3 is 48.9 Å². The van der Waals surface area contributed by atoms with Crippen LogP contribution in [0, 0.1) is 41.4 Å². The monoisotopic (exact) mass is 749 g/mol. The van der Waals surface area contributed by atoms with Crippen molar-refractivity contribution in [3.8, 4) is 0 Å². The number of carboxylic acid groups (broad SMARTS) is 1. The summed E-state index contributed by atoms with van der Waals surface area (Å²) in [7, 11) is 0. The summed E-state index contributed by atoms with van der Waals surface area (Å²) in [6.45, 7) is 19.5. The van der Waals surface area contributed by atoms with E-state index in [0.29, 0.717) is 57.8 Å². The maximum absolute atomic E-state index is 14.4. The lowest BCUT2D eigenvalue weighted by molar-refractivity contribution is -0.409. The highest BCUT2D eigenvalue weighted by atomic mass is 16.8. The largest absolute Gasteiger partial charge is 0.550 e. The fourth-order valence-corrected chi connectivity index (χ4v) is 10.5. The zero-order valence-corrected chi connectivity index (χ0v) is 33.9. The number of carbonyl (C=O) groups excluding carboxylic acids is 2. The van der Waals surface area contributed by atoms with Gasteiger partial charge in [0.25, 0.3) is 0 Å². The second-order valence-corrected chi connectivity index (χ2v) is 17.9. The van der Waals surface area contributed by atoms with Crippen LogP contribution in [-0.2, 0) is 33.3 Å². The van der Waals surface area contributed by atoms with E-state index in [-0.39, 0.29) is 35.7 Å². The van der Waals surface area contributed by atoms with Gasteiger partial charge in [-0.2, -0.15) is 0 Å². The first-order valence-electron chi connectivity index (χ1n) is 20.7. The Morgan fingerprint density at radius 3 is 2.19 bits per heavy atom. The molecule has 0 aromatic heterocycles. The summed E-state index contributed by atoms with van der Waals surface area (Å²) in [6, 6.07) is 0. The highest BCUT2D eigenvalue weighted by Gasteiger charge is 2.63.